The number of hydrogen-bond acceptors (Lipinski definition) is 12. The molecule has 1 fully saturated rings. The third-order valence-corrected chi connectivity index (χ3v) is 8.13. The number of fused-ring (bicyclic) bond motifs is 1. The lowest BCUT2D eigenvalue weighted by Crippen LogP contribution is -2.41. The van der Waals surface area contributed by atoms with Crippen molar-refractivity contribution in [3.8, 4) is 18.1 Å². The minimum atomic E-state index is -4.24. The third kappa shape index (κ3) is 5.85. The van der Waals surface area contributed by atoms with Crippen LogP contribution >= 0.6 is 19.3 Å². The number of hydrogen-bond donors (Lipinski definition) is 4. The van der Waals surface area contributed by atoms with Gasteiger partial charge in [-0.15, -0.1) is 6.42 Å². The summed E-state index contributed by atoms with van der Waals surface area (Å²) in [5.41, 5.74) is 6.46. The molecule has 1 unspecified atom stereocenters. The van der Waals surface area contributed by atoms with E-state index in [9.17, 15) is 14.5 Å². The lowest BCUT2D eigenvalue weighted by atomic mass is 9.99. The predicted octanol–water partition coefficient (Wildman–Crippen LogP) is 2.06. The number of nitrogen functional groups attached to an aromatic ring is 1. The first-order valence-corrected chi connectivity index (χ1v) is 14.1. The summed E-state index contributed by atoms with van der Waals surface area (Å²) in [5, 5.41) is 16.6. The summed E-state index contributed by atoms with van der Waals surface area (Å²) in [6.07, 6.45) is 3.25. The number of carbonyl (C=O) groups excluding carboxylic acids is 1. The molecule has 0 aliphatic carbocycles. The van der Waals surface area contributed by atoms with E-state index in [1.165, 1.54) is 17.8 Å². The molecule has 3 aromatic rings. The zero-order chi connectivity index (χ0) is 29.1. The van der Waals surface area contributed by atoms with Crippen LogP contribution in [0.25, 0.3) is 11.2 Å². The van der Waals surface area contributed by atoms with Crippen LogP contribution in [0, 0.1) is 12.3 Å². The molecule has 6 atom stereocenters. The summed E-state index contributed by atoms with van der Waals surface area (Å²) >= 11 is 6.73. The molecular formula is C24H29ClN7O7P. The van der Waals surface area contributed by atoms with E-state index in [0.29, 0.717) is 11.3 Å². The van der Waals surface area contributed by atoms with Crippen LogP contribution in [-0.2, 0) is 23.4 Å². The highest BCUT2D eigenvalue weighted by atomic mass is 35.5. The Labute approximate surface area is 235 Å². The molecule has 0 amide bonds. The molecular weight excluding hydrogens is 565 g/mol. The second kappa shape index (κ2) is 12.0. The molecule has 1 aromatic carbocycles. The van der Waals surface area contributed by atoms with Gasteiger partial charge in [-0.2, -0.15) is 15.1 Å². The third-order valence-electron chi connectivity index (χ3n) is 5.96. The minimum Gasteiger partial charge on any atom is -0.465 e. The molecule has 3 heterocycles. The van der Waals surface area contributed by atoms with Gasteiger partial charge in [0.05, 0.1) is 19.5 Å². The lowest BCUT2D eigenvalue weighted by molar-refractivity contribution is -0.144. The van der Waals surface area contributed by atoms with Crippen LogP contribution in [0.2, 0.25) is 0 Å². The molecule has 2 aromatic heterocycles. The molecule has 214 valence electrons. The Hall–Kier alpha value is -3.44. The van der Waals surface area contributed by atoms with Crippen molar-refractivity contribution in [2.75, 3.05) is 31.3 Å². The highest BCUT2D eigenvalue weighted by Gasteiger charge is 2.56. The SMILES string of the molecule is C#C[C@@]1(Cl)[C@H](O)[C@@H](COP(=O)(N[C@@H](C)C(=O)OCC)Oc2ccccc2)O[C@H]1n1cnc2c(NC)nc(N)nc21. The van der Waals surface area contributed by atoms with Crippen molar-refractivity contribution in [1.29, 1.82) is 0 Å². The van der Waals surface area contributed by atoms with Gasteiger partial charge in [-0.05, 0) is 26.0 Å². The first-order chi connectivity index (χ1) is 19.0. The highest BCUT2D eigenvalue weighted by Crippen LogP contribution is 2.48. The van der Waals surface area contributed by atoms with Gasteiger partial charge in [-0.1, -0.05) is 35.7 Å². The number of ether oxygens (including phenoxy) is 2. The topological polar surface area (TPSA) is 185 Å². The number of aliphatic hydroxyl groups excluding tert-OH is 1. The summed E-state index contributed by atoms with van der Waals surface area (Å²) in [6.45, 7) is 2.71. The Balaban J connectivity index is 1.60. The maximum Gasteiger partial charge on any atom is 0.459 e. The maximum absolute atomic E-state index is 13.8. The van der Waals surface area contributed by atoms with Crippen LogP contribution in [0.4, 0.5) is 11.8 Å². The summed E-state index contributed by atoms with van der Waals surface area (Å²) in [6, 6.07) is 7.14. The van der Waals surface area contributed by atoms with Gasteiger partial charge < -0.3 is 30.2 Å². The molecule has 1 aliphatic heterocycles. The Bertz CT molecular complexity index is 1450. The molecule has 5 N–H and O–H groups in total. The van der Waals surface area contributed by atoms with Gasteiger partial charge in [0.15, 0.2) is 28.1 Å². The summed E-state index contributed by atoms with van der Waals surface area (Å²) in [5.74, 6) is 2.24. The molecule has 0 saturated carbocycles. The Morgan fingerprint density at radius 3 is 2.77 bits per heavy atom. The van der Waals surface area contributed by atoms with E-state index in [1.807, 2.05) is 0 Å². The van der Waals surface area contributed by atoms with Crippen molar-refractivity contribution >= 4 is 48.2 Å². The molecule has 0 radical (unpaired) electrons. The van der Waals surface area contributed by atoms with Crippen LogP contribution < -0.4 is 20.7 Å². The number of nitrogens with zero attached hydrogens (tertiary/aromatic N) is 4. The van der Waals surface area contributed by atoms with E-state index in [2.05, 4.69) is 31.3 Å². The molecule has 0 bridgehead atoms. The molecule has 1 saturated heterocycles. The number of aromatic nitrogens is 4. The molecule has 16 heteroatoms. The quantitative estimate of drug-likeness (QED) is 0.110. The number of alkyl halides is 1. The van der Waals surface area contributed by atoms with Gasteiger partial charge in [0.25, 0.3) is 0 Å². The molecule has 1 aliphatic rings. The number of halogens is 1. The van der Waals surface area contributed by atoms with Crippen LogP contribution in [-0.4, -0.2) is 74.0 Å². The largest absolute Gasteiger partial charge is 0.465 e. The van der Waals surface area contributed by atoms with Gasteiger partial charge in [-0.25, -0.2) is 9.55 Å². The second-order valence-electron chi connectivity index (χ2n) is 8.69. The van der Waals surface area contributed by atoms with Crippen molar-refractivity contribution in [3.05, 3.63) is 36.7 Å². The number of esters is 1. The number of benzene rings is 1. The number of rotatable bonds is 11. The maximum atomic E-state index is 13.8. The van der Waals surface area contributed by atoms with Crippen molar-refractivity contribution in [1.82, 2.24) is 24.6 Å². The van der Waals surface area contributed by atoms with E-state index in [4.69, 9.17) is 42.3 Å². The first kappa shape index (κ1) is 29.5. The molecule has 0 spiro atoms. The van der Waals surface area contributed by atoms with E-state index in [0.717, 1.165) is 0 Å². The number of anilines is 2. The number of nitrogens with one attached hydrogen (secondary N) is 2. The average molecular weight is 594 g/mol. The van der Waals surface area contributed by atoms with Gasteiger partial charge >= 0.3 is 13.7 Å². The van der Waals surface area contributed by atoms with Gasteiger partial charge in [0.1, 0.15) is 24.0 Å². The lowest BCUT2D eigenvalue weighted by Gasteiger charge is -2.25. The van der Waals surface area contributed by atoms with Gasteiger partial charge in [-0.3, -0.25) is 13.9 Å². The number of terminal acetylenes is 1. The number of aliphatic hydroxyl groups is 1. The van der Waals surface area contributed by atoms with E-state index >= 15 is 0 Å². The molecule has 14 nitrogen and oxygen atoms in total. The normalized spacial score (nSPS) is 24.6. The zero-order valence-corrected chi connectivity index (χ0v) is 23.5. The van der Waals surface area contributed by atoms with Crippen LogP contribution in [0.1, 0.15) is 20.1 Å². The Morgan fingerprint density at radius 2 is 2.12 bits per heavy atom. The van der Waals surface area contributed by atoms with Gasteiger partial charge in [0, 0.05) is 7.05 Å². The number of imidazole rings is 1. The van der Waals surface area contributed by atoms with Crippen molar-refractivity contribution in [2.45, 2.75) is 43.2 Å². The fraction of sp³-hybridized carbons (Fsp3) is 0.417. The standard InChI is InChI=1S/C24H29ClN7O7P/c1-5-24(25)18(33)16(38-22(24)32-13-28-17-19(27-4)29-23(26)30-20(17)32)12-37-40(35,31-14(3)21(34)36-6-2)39-15-10-8-7-9-11-15/h1,7-11,13-14,16,18,22,33H,6,12H2,2-4H3,(H,31,35)(H3,26,27,29,30)/t14-,16+,18+,22+,24+,40?/m0/s1. The smallest absolute Gasteiger partial charge is 0.459 e. The van der Waals surface area contributed by atoms with Crippen molar-refractivity contribution in [2.24, 2.45) is 0 Å². The number of para-hydroxylation sites is 1. The summed E-state index contributed by atoms with van der Waals surface area (Å²) in [7, 11) is -2.60. The summed E-state index contributed by atoms with van der Waals surface area (Å²) < 4.78 is 37.5. The van der Waals surface area contributed by atoms with Crippen LogP contribution in [0.15, 0.2) is 36.7 Å². The number of carbonyl (C=O) groups is 1. The predicted molar refractivity (Wildman–Crippen MR) is 146 cm³/mol. The van der Waals surface area contributed by atoms with Crippen molar-refractivity contribution < 1.29 is 33.0 Å². The summed E-state index contributed by atoms with van der Waals surface area (Å²) in [4.78, 5) is 23.0. The number of nitrogens with two attached hydrogens (primary N) is 1. The van der Waals surface area contributed by atoms with Crippen LogP contribution in [0.3, 0.4) is 0 Å². The zero-order valence-electron chi connectivity index (χ0n) is 21.9. The monoisotopic (exact) mass is 593 g/mol. The average Bonchev–Trinajstić information content (AvgIpc) is 3.46. The minimum absolute atomic E-state index is 0.0429. The Kier molecular flexibility index (Phi) is 8.84. The fourth-order valence-electron chi connectivity index (χ4n) is 4.03. The van der Waals surface area contributed by atoms with E-state index in [1.54, 1.807) is 44.3 Å². The van der Waals surface area contributed by atoms with Crippen molar-refractivity contribution in [3.63, 3.8) is 0 Å². The molecule has 4 rings (SSSR count). The fourth-order valence-corrected chi connectivity index (χ4v) is 5.83. The highest BCUT2D eigenvalue weighted by molar-refractivity contribution is 7.52. The molecule has 40 heavy (non-hydrogen) atoms. The Morgan fingerprint density at radius 1 is 1.40 bits per heavy atom. The first-order valence-electron chi connectivity index (χ1n) is 12.2. The van der Waals surface area contributed by atoms with Gasteiger partial charge in [0.2, 0.25) is 5.95 Å². The second-order valence-corrected chi connectivity index (χ2v) is 11.0. The van der Waals surface area contributed by atoms with E-state index in [-0.39, 0.29) is 24.0 Å². The van der Waals surface area contributed by atoms with E-state index < -0.39 is 49.7 Å². The van der Waals surface area contributed by atoms with Crippen LogP contribution in [0.5, 0.6) is 5.75 Å².